The van der Waals surface area contributed by atoms with E-state index >= 15 is 0 Å². The number of carbonyl (C=O) groups is 2. The van der Waals surface area contributed by atoms with Crippen molar-refractivity contribution in [3.05, 3.63) is 46.4 Å². The normalized spacial score (nSPS) is 9.92. The van der Waals surface area contributed by atoms with Crippen molar-refractivity contribution in [3.8, 4) is 11.5 Å². The number of hydrogen-bond donors (Lipinski definition) is 2. The number of nitrogens with one attached hydrogen (secondary N) is 2. The van der Waals surface area contributed by atoms with E-state index in [1.54, 1.807) is 24.3 Å². The first-order valence-electron chi connectivity index (χ1n) is 7.14. The molecule has 0 aromatic heterocycles. The van der Waals surface area contributed by atoms with E-state index in [2.05, 4.69) is 10.6 Å². The second kappa shape index (κ2) is 8.64. The van der Waals surface area contributed by atoms with Crippen molar-refractivity contribution in [2.24, 2.45) is 0 Å². The van der Waals surface area contributed by atoms with Crippen LogP contribution in [-0.2, 0) is 9.59 Å². The zero-order valence-electron chi connectivity index (χ0n) is 13.4. The molecule has 2 amide bonds. The van der Waals surface area contributed by atoms with Crippen LogP contribution in [0.15, 0.2) is 36.4 Å². The molecule has 1 radical (unpaired) electrons. The molecular formula is C16H14BCl2N2O4. The van der Waals surface area contributed by atoms with Crippen molar-refractivity contribution in [2.45, 2.75) is 13.8 Å². The molecule has 2 aromatic rings. The maximum absolute atomic E-state index is 11.2. The Labute approximate surface area is 155 Å². The molecule has 2 aromatic carbocycles. The van der Waals surface area contributed by atoms with E-state index in [9.17, 15) is 9.59 Å². The lowest BCUT2D eigenvalue weighted by molar-refractivity contribution is -0.115. The van der Waals surface area contributed by atoms with Gasteiger partial charge in [0.2, 0.25) is 11.8 Å². The van der Waals surface area contributed by atoms with E-state index in [1.165, 1.54) is 26.0 Å². The SMILES string of the molecule is CC(=O)Nc1ccc(Cl)cc1O[B]Oc1cc(Cl)ccc1NC(C)=O. The molecule has 0 saturated carbocycles. The largest absolute Gasteiger partial charge is 0.658 e. The van der Waals surface area contributed by atoms with Crippen LogP contribution in [-0.4, -0.2) is 19.5 Å². The average molecular weight is 380 g/mol. The number of hydrogen-bond acceptors (Lipinski definition) is 4. The standard InChI is InChI=1S/C16H14BCl2N2O4/c1-9(22)20-13-5-3-11(18)7-15(13)24-17-25-16-8-12(19)4-6-14(16)21-10(2)23/h3-8H,1-2H3,(H,20,22)(H,21,23). The van der Waals surface area contributed by atoms with Crippen LogP contribution in [0.2, 0.25) is 10.0 Å². The summed E-state index contributed by atoms with van der Waals surface area (Å²) in [5.74, 6) is 0.0864. The molecule has 0 atom stereocenters. The Hall–Kier alpha value is -2.38. The first-order valence-corrected chi connectivity index (χ1v) is 7.90. The van der Waals surface area contributed by atoms with Crippen molar-refractivity contribution in [3.63, 3.8) is 0 Å². The summed E-state index contributed by atoms with van der Waals surface area (Å²) in [7, 11) is 1.05. The van der Waals surface area contributed by atoms with E-state index in [4.69, 9.17) is 32.5 Å². The third-order valence-electron chi connectivity index (χ3n) is 2.86. The van der Waals surface area contributed by atoms with Gasteiger partial charge in [0.05, 0.1) is 11.4 Å². The maximum atomic E-state index is 11.2. The summed E-state index contributed by atoms with van der Waals surface area (Å²) in [4.78, 5) is 22.5. The molecular weight excluding hydrogens is 366 g/mol. The van der Waals surface area contributed by atoms with Crippen molar-refractivity contribution in [2.75, 3.05) is 10.6 Å². The second-order valence-corrected chi connectivity index (χ2v) is 5.85. The Morgan fingerprint density at radius 2 is 1.24 bits per heavy atom. The van der Waals surface area contributed by atoms with Crippen molar-refractivity contribution >= 4 is 54.1 Å². The number of benzene rings is 2. The van der Waals surface area contributed by atoms with Gasteiger partial charge in [-0.3, -0.25) is 9.59 Å². The lowest BCUT2D eigenvalue weighted by atomic mass is 10.2. The molecule has 0 fully saturated rings. The molecule has 0 spiro atoms. The minimum absolute atomic E-state index is 0.254. The maximum Gasteiger partial charge on any atom is 0.658 e. The van der Waals surface area contributed by atoms with E-state index in [-0.39, 0.29) is 11.8 Å². The highest BCUT2D eigenvalue weighted by molar-refractivity contribution is 6.31. The Kier molecular flexibility index (Phi) is 6.55. The molecule has 0 heterocycles. The molecule has 0 bridgehead atoms. The highest BCUT2D eigenvalue weighted by Crippen LogP contribution is 2.30. The number of halogens is 2. The summed E-state index contributed by atoms with van der Waals surface area (Å²) < 4.78 is 10.8. The predicted molar refractivity (Wildman–Crippen MR) is 98.5 cm³/mol. The predicted octanol–water partition coefficient (Wildman–Crippen LogP) is 3.90. The summed E-state index contributed by atoms with van der Waals surface area (Å²) >= 11 is 11.9. The van der Waals surface area contributed by atoms with Gasteiger partial charge in [0.15, 0.2) is 0 Å². The van der Waals surface area contributed by atoms with Crippen molar-refractivity contribution in [1.29, 1.82) is 0 Å². The molecule has 129 valence electrons. The summed E-state index contributed by atoms with van der Waals surface area (Å²) in [5.41, 5.74) is 0.870. The van der Waals surface area contributed by atoms with Crippen LogP contribution in [0.5, 0.6) is 11.5 Å². The molecule has 6 nitrogen and oxygen atoms in total. The summed E-state index contributed by atoms with van der Waals surface area (Å²) in [5, 5.41) is 6.10. The summed E-state index contributed by atoms with van der Waals surface area (Å²) in [6, 6.07) is 9.50. The Bertz CT molecular complexity index is 736. The number of amides is 2. The first-order chi connectivity index (χ1) is 11.8. The molecule has 9 heteroatoms. The Morgan fingerprint density at radius 1 is 0.840 bits per heavy atom. The first kappa shape index (κ1) is 19.0. The molecule has 0 saturated heterocycles. The van der Waals surface area contributed by atoms with Gasteiger partial charge in [0.25, 0.3) is 0 Å². The fraction of sp³-hybridized carbons (Fsp3) is 0.125. The van der Waals surface area contributed by atoms with E-state index in [1.807, 2.05) is 0 Å². The van der Waals surface area contributed by atoms with E-state index < -0.39 is 0 Å². The van der Waals surface area contributed by atoms with Crippen LogP contribution in [0, 0.1) is 0 Å². The van der Waals surface area contributed by atoms with Gasteiger partial charge in [-0.1, -0.05) is 23.2 Å². The number of anilines is 2. The van der Waals surface area contributed by atoms with E-state index in [0.717, 1.165) is 7.69 Å². The van der Waals surface area contributed by atoms with Gasteiger partial charge < -0.3 is 19.9 Å². The zero-order valence-corrected chi connectivity index (χ0v) is 14.9. The van der Waals surface area contributed by atoms with Gasteiger partial charge in [-0.25, -0.2) is 0 Å². The Balaban J connectivity index is 2.10. The van der Waals surface area contributed by atoms with Crippen LogP contribution in [0.3, 0.4) is 0 Å². The fourth-order valence-electron chi connectivity index (χ4n) is 1.90. The summed E-state index contributed by atoms with van der Waals surface area (Å²) in [6.45, 7) is 2.76. The number of rotatable bonds is 6. The van der Waals surface area contributed by atoms with Crippen LogP contribution in [0.1, 0.15) is 13.8 Å². The highest BCUT2D eigenvalue weighted by Gasteiger charge is 2.12. The fourth-order valence-corrected chi connectivity index (χ4v) is 2.23. The zero-order chi connectivity index (χ0) is 18.4. The van der Waals surface area contributed by atoms with Gasteiger partial charge in [-0.05, 0) is 36.4 Å². The molecule has 0 aliphatic heterocycles. The monoisotopic (exact) mass is 379 g/mol. The van der Waals surface area contributed by atoms with E-state index in [0.29, 0.717) is 32.9 Å². The van der Waals surface area contributed by atoms with Crippen LogP contribution in [0.25, 0.3) is 0 Å². The average Bonchev–Trinajstić information content (AvgIpc) is 2.51. The van der Waals surface area contributed by atoms with Crippen LogP contribution in [0.4, 0.5) is 11.4 Å². The molecule has 0 unspecified atom stereocenters. The minimum atomic E-state index is -0.254. The molecule has 0 aliphatic rings. The minimum Gasteiger partial charge on any atom is -0.525 e. The van der Waals surface area contributed by atoms with Gasteiger partial charge in [-0.15, -0.1) is 0 Å². The highest BCUT2D eigenvalue weighted by atomic mass is 35.5. The lowest BCUT2D eigenvalue weighted by Gasteiger charge is -2.14. The lowest BCUT2D eigenvalue weighted by Crippen LogP contribution is -2.15. The second-order valence-electron chi connectivity index (χ2n) is 4.98. The van der Waals surface area contributed by atoms with Crippen molar-refractivity contribution in [1.82, 2.24) is 0 Å². The van der Waals surface area contributed by atoms with Gasteiger partial charge >= 0.3 is 7.69 Å². The quantitative estimate of drug-likeness (QED) is 0.746. The molecule has 0 aliphatic carbocycles. The summed E-state index contributed by atoms with van der Waals surface area (Å²) in [6.07, 6.45) is 0. The number of carbonyl (C=O) groups excluding carboxylic acids is 2. The smallest absolute Gasteiger partial charge is 0.525 e. The van der Waals surface area contributed by atoms with Gasteiger partial charge in [0, 0.05) is 23.9 Å². The van der Waals surface area contributed by atoms with Gasteiger partial charge in [0.1, 0.15) is 11.5 Å². The van der Waals surface area contributed by atoms with Crippen LogP contribution >= 0.6 is 23.2 Å². The Morgan fingerprint density at radius 3 is 1.60 bits per heavy atom. The van der Waals surface area contributed by atoms with Gasteiger partial charge in [-0.2, -0.15) is 0 Å². The molecule has 25 heavy (non-hydrogen) atoms. The third-order valence-corrected chi connectivity index (χ3v) is 3.33. The van der Waals surface area contributed by atoms with Crippen LogP contribution < -0.4 is 19.9 Å². The molecule has 2 N–H and O–H groups in total. The van der Waals surface area contributed by atoms with Crippen molar-refractivity contribution < 1.29 is 18.9 Å². The topological polar surface area (TPSA) is 76.7 Å². The third kappa shape index (κ3) is 5.88. The molecule has 2 rings (SSSR count).